The summed E-state index contributed by atoms with van der Waals surface area (Å²) in [5.41, 5.74) is 0.461. The second-order valence-corrected chi connectivity index (χ2v) is 3.72. The summed E-state index contributed by atoms with van der Waals surface area (Å²) in [4.78, 5) is 36.7. The zero-order valence-electron chi connectivity index (χ0n) is 10.2. The van der Waals surface area contributed by atoms with Gasteiger partial charge in [0.15, 0.2) is 0 Å². The summed E-state index contributed by atoms with van der Waals surface area (Å²) in [5, 5.41) is 0. The molecule has 94 valence electrons. The number of rotatable bonds is 4. The van der Waals surface area contributed by atoms with Gasteiger partial charge >= 0.3 is 12.0 Å². The number of carbonyl (C=O) groups excluding carboxylic acids is 3. The number of urea groups is 1. The summed E-state index contributed by atoms with van der Waals surface area (Å²) >= 11 is 0. The normalized spacial score (nSPS) is 16.8. The van der Waals surface area contributed by atoms with Gasteiger partial charge in [-0.05, 0) is 6.42 Å². The molecule has 1 fully saturated rings. The van der Waals surface area contributed by atoms with Crippen molar-refractivity contribution >= 4 is 17.9 Å². The van der Waals surface area contributed by atoms with E-state index in [1.165, 1.54) is 12.0 Å². The van der Waals surface area contributed by atoms with E-state index >= 15 is 0 Å². The van der Waals surface area contributed by atoms with Crippen molar-refractivity contribution in [3.8, 4) is 0 Å². The lowest BCUT2D eigenvalue weighted by Crippen LogP contribution is -2.32. The van der Waals surface area contributed by atoms with Gasteiger partial charge in [-0.2, -0.15) is 0 Å². The molecule has 0 unspecified atom stereocenters. The molecule has 0 bridgehead atoms. The van der Waals surface area contributed by atoms with Gasteiger partial charge in [-0.1, -0.05) is 13.0 Å². The fourth-order valence-corrected chi connectivity index (χ4v) is 1.55. The average molecular weight is 240 g/mol. The van der Waals surface area contributed by atoms with Gasteiger partial charge in [0.25, 0.3) is 5.91 Å². The molecule has 17 heavy (non-hydrogen) atoms. The lowest BCUT2D eigenvalue weighted by molar-refractivity contribution is -0.136. The van der Waals surface area contributed by atoms with Gasteiger partial charge in [-0.25, -0.2) is 9.59 Å². The fraction of sp³-hybridized carbons (Fsp3) is 0.545. The summed E-state index contributed by atoms with van der Waals surface area (Å²) in [6.07, 6.45) is 2.06. The van der Waals surface area contributed by atoms with Crippen LogP contribution in [0.3, 0.4) is 0 Å². The summed E-state index contributed by atoms with van der Waals surface area (Å²) in [5.74, 6) is -0.686. The Labute approximate surface area is 99.8 Å². The van der Waals surface area contributed by atoms with E-state index < -0.39 is 5.97 Å². The van der Waals surface area contributed by atoms with Crippen LogP contribution in [0.4, 0.5) is 4.79 Å². The van der Waals surface area contributed by atoms with Gasteiger partial charge in [0.05, 0.1) is 7.11 Å². The summed E-state index contributed by atoms with van der Waals surface area (Å²) in [6, 6.07) is -0.341. The van der Waals surface area contributed by atoms with Gasteiger partial charge in [0.1, 0.15) is 6.54 Å². The number of esters is 1. The van der Waals surface area contributed by atoms with Crippen LogP contribution < -0.4 is 0 Å². The van der Waals surface area contributed by atoms with Crippen LogP contribution in [0.25, 0.3) is 0 Å². The summed E-state index contributed by atoms with van der Waals surface area (Å²) < 4.78 is 4.59. The van der Waals surface area contributed by atoms with Crippen LogP contribution in [0.2, 0.25) is 0 Å². The Hall–Kier alpha value is -1.85. The molecule has 0 spiro atoms. The molecule has 3 amide bonds. The molecule has 1 saturated heterocycles. The summed E-state index contributed by atoms with van der Waals surface area (Å²) in [7, 11) is 2.86. The predicted molar refractivity (Wildman–Crippen MR) is 60.1 cm³/mol. The molecule has 0 N–H and O–H groups in total. The van der Waals surface area contributed by atoms with Gasteiger partial charge in [-0.3, -0.25) is 9.69 Å². The Morgan fingerprint density at radius 2 is 2.12 bits per heavy atom. The number of likely N-dealkylation sites (N-methyl/N-ethyl adjacent to an activating group) is 1. The Morgan fingerprint density at radius 1 is 1.47 bits per heavy atom. The van der Waals surface area contributed by atoms with Crippen molar-refractivity contribution in [2.75, 3.05) is 27.2 Å². The van der Waals surface area contributed by atoms with Crippen molar-refractivity contribution in [1.82, 2.24) is 9.80 Å². The second kappa shape index (κ2) is 5.47. The lowest BCUT2D eigenvalue weighted by Gasteiger charge is -2.12. The van der Waals surface area contributed by atoms with E-state index in [0.29, 0.717) is 12.0 Å². The average Bonchev–Trinajstić information content (AvgIpc) is 2.55. The lowest BCUT2D eigenvalue weighted by atomic mass is 10.2. The zero-order chi connectivity index (χ0) is 13.0. The van der Waals surface area contributed by atoms with Crippen LogP contribution >= 0.6 is 0 Å². The van der Waals surface area contributed by atoms with Gasteiger partial charge in [-0.15, -0.1) is 0 Å². The predicted octanol–water partition coefficient (Wildman–Crippen LogP) is 0.390. The van der Waals surface area contributed by atoms with Crippen molar-refractivity contribution in [2.24, 2.45) is 0 Å². The van der Waals surface area contributed by atoms with Crippen LogP contribution in [0.1, 0.15) is 13.3 Å². The zero-order valence-corrected chi connectivity index (χ0v) is 10.2. The topological polar surface area (TPSA) is 66.9 Å². The largest absolute Gasteiger partial charge is 0.466 e. The maximum absolute atomic E-state index is 11.5. The van der Waals surface area contributed by atoms with E-state index in [1.807, 2.05) is 6.92 Å². The van der Waals surface area contributed by atoms with E-state index in [-0.39, 0.29) is 25.0 Å². The van der Waals surface area contributed by atoms with E-state index in [9.17, 15) is 14.4 Å². The first-order valence-corrected chi connectivity index (χ1v) is 5.34. The first kappa shape index (κ1) is 13.2. The van der Waals surface area contributed by atoms with E-state index in [4.69, 9.17) is 0 Å². The molecular formula is C11H16N2O4. The summed E-state index contributed by atoms with van der Waals surface area (Å²) in [6.45, 7) is 2.01. The molecule has 0 aliphatic carbocycles. The van der Waals surface area contributed by atoms with Gasteiger partial charge < -0.3 is 9.64 Å². The number of hydrogen-bond donors (Lipinski definition) is 0. The SMILES string of the molecule is CCC(=CCN1C(=O)CN(C)C1=O)C(=O)OC. The van der Waals surface area contributed by atoms with Gasteiger partial charge in [0.2, 0.25) is 0 Å². The first-order chi connectivity index (χ1) is 8.01. The molecule has 6 heteroatoms. The molecule has 0 radical (unpaired) electrons. The monoisotopic (exact) mass is 240 g/mol. The molecule has 1 heterocycles. The minimum atomic E-state index is -0.431. The molecular weight excluding hydrogens is 224 g/mol. The number of imide groups is 1. The van der Waals surface area contributed by atoms with E-state index in [2.05, 4.69) is 4.74 Å². The standard InChI is InChI=1S/C11H16N2O4/c1-4-8(10(15)17-3)5-6-13-9(14)7-12(2)11(13)16/h5H,4,6-7H2,1-3H3. The van der Waals surface area contributed by atoms with Crippen molar-refractivity contribution < 1.29 is 19.1 Å². The minimum Gasteiger partial charge on any atom is -0.466 e. The molecule has 1 rings (SSSR count). The molecule has 0 atom stereocenters. The third kappa shape index (κ3) is 2.83. The number of nitrogens with zero attached hydrogens (tertiary/aromatic N) is 2. The molecule has 0 saturated carbocycles. The van der Waals surface area contributed by atoms with Crippen molar-refractivity contribution in [3.63, 3.8) is 0 Å². The van der Waals surface area contributed by atoms with Crippen LogP contribution in [0.15, 0.2) is 11.6 Å². The number of ether oxygens (including phenoxy) is 1. The molecule has 0 aromatic carbocycles. The first-order valence-electron chi connectivity index (χ1n) is 5.34. The Morgan fingerprint density at radius 3 is 2.53 bits per heavy atom. The van der Waals surface area contributed by atoms with Crippen LogP contribution in [0.5, 0.6) is 0 Å². The molecule has 1 aliphatic heterocycles. The van der Waals surface area contributed by atoms with Crippen molar-refractivity contribution in [1.29, 1.82) is 0 Å². The molecule has 6 nitrogen and oxygen atoms in total. The molecule has 1 aliphatic rings. The number of carbonyl (C=O) groups is 3. The molecule has 0 aromatic rings. The highest BCUT2D eigenvalue weighted by molar-refractivity contribution is 6.02. The fourth-order valence-electron chi connectivity index (χ4n) is 1.55. The Kier molecular flexibility index (Phi) is 4.25. The number of amides is 3. The van der Waals surface area contributed by atoms with Crippen LogP contribution in [-0.2, 0) is 14.3 Å². The van der Waals surface area contributed by atoms with E-state index in [1.54, 1.807) is 13.1 Å². The van der Waals surface area contributed by atoms with Crippen molar-refractivity contribution in [3.05, 3.63) is 11.6 Å². The highest BCUT2D eigenvalue weighted by atomic mass is 16.5. The Balaban J connectivity index is 2.72. The number of methoxy groups -OCH3 is 1. The third-order valence-electron chi connectivity index (χ3n) is 2.58. The van der Waals surface area contributed by atoms with Crippen LogP contribution in [-0.4, -0.2) is 55.0 Å². The molecule has 0 aromatic heterocycles. The van der Waals surface area contributed by atoms with Crippen molar-refractivity contribution in [2.45, 2.75) is 13.3 Å². The Bertz CT molecular complexity index is 376. The smallest absolute Gasteiger partial charge is 0.333 e. The minimum absolute atomic E-state index is 0.0896. The third-order valence-corrected chi connectivity index (χ3v) is 2.58. The highest BCUT2D eigenvalue weighted by Crippen LogP contribution is 2.10. The maximum atomic E-state index is 11.5. The van der Waals surface area contributed by atoms with E-state index in [0.717, 1.165) is 4.90 Å². The quantitative estimate of drug-likeness (QED) is 0.405. The van der Waals surface area contributed by atoms with Crippen LogP contribution in [0, 0.1) is 0 Å². The maximum Gasteiger partial charge on any atom is 0.333 e. The second-order valence-electron chi connectivity index (χ2n) is 3.72. The number of hydrogen-bond acceptors (Lipinski definition) is 4. The highest BCUT2D eigenvalue weighted by Gasteiger charge is 2.32. The van der Waals surface area contributed by atoms with Gasteiger partial charge in [0, 0.05) is 19.2 Å².